The average Bonchev–Trinajstić information content (AvgIpc) is 2.63. The highest BCUT2D eigenvalue weighted by Crippen LogP contribution is 2.24. The predicted octanol–water partition coefficient (Wildman–Crippen LogP) is 2.38. The first-order chi connectivity index (χ1) is 13.3. The maximum Gasteiger partial charge on any atom is 0.317 e. The molecule has 0 bridgehead atoms. The van der Waals surface area contributed by atoms with Crippen LogP contribution in [0, 0.1) is 0 Å². The molecular weight excluding hydrogens is 400 g/mol. The monoisotopic (exact) mass is 428 g/mol. The molecule has 0 spiro atoms. The Balaban J connectivity index is 1.99. The first kappa shape index (κ1) is 22.5. The van der Waals surface area contributed by atoms with Crippen molar-refractivity contribution < 1.29 is 9.59 Å². The molecule has 0 saturated carbocycles. The van der Waals surface area contributed by atoms with Crippen molar-refractivity contribution in [3.05, 3.63) is 11.2 Å². The van der Waals surface area contributed by atoms with E-state index in [2.05, 4.69) is 25.5 Å². The van der Waals surface area contributed by atoms with E-state index in [1.165, 1.54) is 11.8 Å². The fraction of sp³-hybridized carbons (Fsp3) is 0.667. The van der Waals surface area contributed by atoms with Crippen molar-refractivity contribution in [1.29, 1.82) is 0 Å². The van der Waals surface area contributed by atoms with Crippen molar-refractivity contribution in [2.45, 2.75) is 51.4 Å². The van der Waals surface area contributed by atoms with Crippen LogP contribution < -0.4 is 15.5 Å². The summed E-state index contributed by atoms with van der Waals surface area (Å²) in [7, 11) is 0. The van der Waals surface area contributed by atoms with Crippen LogP contribution in [0.15, 0.2) is 11.2 Å². The van der Waals surface area contributed by atoms with Gasteiger partial charge in [-0.3, -0.25) is 4.79 Å². The summed E-state index contributed by atoms with van der Waals surface area (Å²) < 4.78 is 0. The molecule has 1 fully saturated rings. The largest absolute Gasteiger partial charge is 0.355 e. The van der Waals surface area contributed by atoms with E-state index in [0.29, 0.717) is 42.3 Å². The minimum absolute atomic E-state index is 0.0390. The Morgan fingerprint density at radius 3 is 2.75 bits per heavy atom. The lowest BCUT2D eigenvalue weighted by molar-refractivity contribution is -0.118. The van der Waals surface area contributed by atoms with E-state index in [0.717, 1.165) is 6.42 Å². The number of aromatic nitrogens is 2. The number of hydrogen-bond acceptors (Lipinski definition) is 6. The molecule has 1 aromatic rings. The lowest BCUT2D eigenvalue weighted by Gasteiger charge is -2.40. The Morgan fingerprint density at radius 1 is 1.36 bits per heavy atom. The number of nitrogens with one attached hydrogen (secondary N) is 2. The highest BCUT2D eigenvalue weighted by Gasteiger charge is 2.28. The zero-order chi connectivity index (χ0) is 20.7. The van der Waals surface area contributed by atoms with Crippen LogP contribution in [-0.2, 0) is 4.79 Å². The summed E-state index contributed by atoms with van der Waals surface area (Å²) in [5, 5.41) is 6.58. The Kier molecular flexibility index (Phi) is 8.62. The summed E-state index contributed by atoms with van der Waals surface area (Å²) in [4.78, 5) is 36.8. The van der Waals surface area contributed by atoms with Crippen LogP contribution in [0.5, 0.6) is 0 Å². The van der Waals surface area contributed by atoms with Crippen LogP contribution >= 0.6 is 23.4 Å². The Bertz CT molecular complexity index is 690. The lowest BCUT2D eigenvalue weighted by Crippen LogP contribution is -2.57. The number of halogens is 1. The molecule has 0 aliphatic carbocycles. The zero-order valence-electron chi connectivity index (χ0n) is 16.9. The molecule has 0 radical (unpaired) electrons. The average molecular weight is 429 g/mol. The van der Waals surface area contributed by atoms with Crippen molar-refractivity contribution in [3.63, 3.8) is 0 Å². The van der Waals surface area contributed by atoms with Crippen LogP contribution in [-0.4, -0.2) is 70.8 Å². The molecule has 8 nitrogen and oxygen atoms in total. The van der Waals surface area contributed by atoms with Crippen molar-refractivity contribution in [3.8, 4) is 0 Å². The van der Waals surface area contributed by atoms with Crippen LogP contribution in [0.3, 0.4) is 0 Å². The molecule has 3 amide bonds. The van der Waals surface area contributed by atoms with E-state index in [4.69, 9.17) is 11.6 Å². The molecule has 0 aromatic carbocycles. The highest BCUT2D eigenvalue weighted by atomic mass is 35.5. The van der Waals surface area contributed by atoms with Crippen molar-refractivity contribution in [1.82, 2.24) is 25.5 Å². The molecule has 1 aromatic heterocycles. The molecule has 2 N–H and O–H groups in total. The summed E-state index contributed by atoms with van der Waals surface area (Å²) in [6.45, 7) is 10.5. The Hall–Kier alpha value is -1.74. The van der Waals surface area contributed by atoms with Crippen molar-refractivity contribution >= 4 is 41.1 Å². The van der Waals surface area contributed by atoms with Crippen LogP contribution in [0.4, 0.5) is 10.6 Å². The first-order valence-electron chi connectivity index (χ1n) is 9.56. The van der Waals surface area contributed by atoms with E-state index in [9.17, 15) is 9.59 Å². The quantitative estimate of drug-likeness (QED) is 0.393. The van der Waals surface area contributed by atoms with Gasteiger partial charge in [0, 0.05) is 44.3 Å². The molecule has 1 saturated heterocycles. The van der Waals surface area contributed by atoms with Crippen molar-refractivity contribution in [2.75, 3.05) is 36.8 Å². The van der Waals surface area contributed by atoms with Gasteiger partial charge in [-0.15, -0.1) is 0 Å². The first-order valence-corrected chi connectivity index (χ1v) is 10.9. The number of anilines is 1. The predicted molar refractivity (Wildman–Crippen MR) is 113 cm³/mol. The molecule has 28 heavy (non-hydrogen) atoms. The summed E-state index contributed by atoms with van der Waals surface area (Å²) in [6, 6.07) is 1.82. The smallest absolute Gasteiger partial charge is 0.317 e. The second kappa shape index (κ2) is 10.7. The van der Waals surface area contributed by atoms with Gasteiger partial charge in [0.2, 0.25) is 5.91 Å². The molecule has 1 aliphatic heterocycles. The van der Waals surface area contributed by atoms with Crippen LogP contribution in [0.25, 0.3) is 0 Å². The van der Waals surface area contributed by atoms with Gasteiger partial charge in [-0.05, 0) is 27.2 Å². The maximum absolute atomic E-state index is 12.3. The second-order valence-electron chi connectivity index (χ2n) is 7.06. The molecule has 156 valence electrons. The fourth-order valence-corrected chi connectivity index (χ4v) is 3.77. The van der Waals surface area contributed by atoms with E-state index in [-0.39, 0.29) is 29.8 Å². The van der Waals surface area contributed by atoms with Gasteiger partial charge in [0.25, 0.3) is 0 Å². The van der Waals surface area contributed by atoms with E-state index in [1.54, 1.807) is 6.07 Å². The number of thioether (sulfide) groups is 1. The van der Waals surface area contributed by atoms with Gasteiger partial charge in [-0.1, -0.05) is 30.3 Å². The van der Waals surface area contributed by atoms with Crippen LogP contribution in [0.1, 0.15) is 34.1 Å². The number of urea groups is 1. The summed E-state index contributed by atoms with van der Waals surface area (Å²) >= 11 is 7.44. The molecule has 2 heterocycles. The zero-order valence-corrected chi connectivity index (χ0v) is 18.4. The minimum Gasteiger partial charge on any atom is -0.355 e. The third-order valence-corrected chi connectivity index (χ3v) is 5.23. The van der Waals surface area contributed by atoms with E-state index in [1.807, 2.05) is 32.6 Å². The molecule has 2 rings (SSSR count). The van der Waals surface area contributed by atoms with Crippen molar-refractivity contribution in [2.24, 2.45) is 0 Å². The molecule has 0 unspecified atom stereocenters. The summed E-state index contributed by atoms with van der Waals surface area (Å²) in [5.41, 5.74) is 0. The SMILES string of the molecule is CCCNC(=O)CSc1nc(Cl)cc(N2CCN(C(=O)NC(C)C)[C@H](C)C2)n1. The summed E-state index contributed by atoms with van der Waals surface area (Å²) in [6.07, 6.45) is 0.896. The van der Waals surface area contributed by atoms with Gasteiger partial charge < -0.3 is 20.4 Å². The molecular formula is C18H29ClN6O2S. The van der Waals surface area contributed by atoms with Gasteiger partial charge in [0.15, 0.2) is 5.16 Å². The van der Waals surface area contributed by atoms with E-state index < -0.39 is 0 Å². The number of hydrogen-bond donors (Lipinski definition) is 2. The third-order valence-electron chi connectivity index (χ3n) is 4.19. The number of carbonyl (C=O) groups is 2. The maximum atomic E-state index is 12.3. The molecule has 1 atom stereocenters. The topological polar surface area (TPSA) is 90.5 Å². The number of carbonyl (C=O) groups excluding carboxylic acids is 2. The third kappa shape index (κ3) is 6.70. The second-order valence-corrected chi connectivity index (χ2v) is 8.39. The number of nitrogens with zero attached hydrogens (tertiary/aromatic N) is 4. The van der Waals surface area contributed by atoms with Gasteiger partial charge >= 0.3 is 6.03 Å². The van der Waals surface area contributed by atoms with Gasteiger partial charge in [-0.25, -0.2) is 14.8 Å². The standard InChI is InChI=1S/C18H29ClN6O2S/c1-5-6-20-16(26)11-28-17-22-14(19)9-15(23-17)24-7-8-25(13(4)10-24)18(27)21-12(2)3/h9,12-13H,5-8,10-11H2,1-4H3,(H,20,26)(H,21,27)/t13-/m1/s1. The molecule has 1 aliphatic rings. The van der Waals surface area contributed by atoms with Gasteiger partial charge in [0.1, 0.15) is 11.0 Å². The van der Waals surface area contributed by atoms with E-state index >= 15 is 0 Å². The highest BCUT2D eigenvalue weighted by molar-refractivity contribution is 7.99. The number of piperazine rings is 1. The Labute approximate surface area is 175 Å². The normalized spacial score (nSPS) is 17.0. The van der Waals surface area contributed by atoms with Gasteiger partial charge in [0.05, 0.1) is 5.75 Å². The van der Waals surface area contributed by atoms with Crippen LogP contribution in [0.2, 0.25) is 5.15 Å². The fourth-order valence-electron chi connectivity index (χ4n) is 2.85. The minimum atomic E-state index is -0.0459. The molecule has 10 heteroatoms. The summed E-state index contributed by atoms with van der Waals surface area (Å²) in [5.74, 6) is 0.918. The lowest BCUT2D eigenvalue weighted by atomic mass is 10.2. The Morgan fingerprint density at radius 2 is 2.11 bits per heavy atom. The number of rotatable bonds is 7. The number of amides is 3. The van der Waals surface area contributed by atoms with Gasteiger partial charge in [-0.2, -0.15) is 0 Å².